The molecule has 8 heteroatoms. The van der Waals surface area contributed by atoms with Crippen LogP contribution >= 0.6 is 15.9 Å². The first-order chi connectivity index (χ1) is 17.4. The fourth-order valence-electron chi connectivity index (χ4n) is 5.66. The summed E-state index contributed by atoms with van der Waals surface area (Å²) in [5.41, 5.74) is 0.409. The number of hydrogen-bond acceptors (Lipinski definition) is 5. The molecular weight excluding hydrogens is 522 g/mol. The number of rotatable bonds is 9. The summed E-state index contributed by atoms with van der Waals surface area (Å²) < 4.78 is 0.754. The van der Waals surface area contributed by atoms with Crippen molar-refractivity contribution in [2.24, 2.45) is 0 Å². The highest BCUT2D eigenvalue weighted by atomic mass is 79.9. The Balaban J connectivity index is 1.80. The van der Waals surface area contributed by atoms with Crippen LogP contribution in [0.15, 0.2) is 53.0 Å². The van der Waals surface area contributed by atoms with Gasteiger partial charge in [0.05, 0.1) is 18.0 Å². The normalized spacial score (nSPS) is 23.1. The number of terminal acetylenes is 1. The van der Waals surface area contributed by atoms with Crippen LogP contribution in [0.3, 0.4) is 0 Å². The molecule has 2 heterocycles. The van der Waals surface area contributed by atoms with Gasteiger partial charge in [0.15, 0.2) is 0 Å². The van der Waals surface area contributed by atoms with E-state index in [1.807, 2.05) is 35.2 Å². The molecule has 2 aliphatic heterocycles. The van der Waals surface area contributed by atoms with Crippen molar-refractivity contribution in [1.82, 2.24) is 15.1 Å². The molecule has 0 radical (unpaired) electrons. The maximum Gasteiger partial charge on any atom is 0.223 e. The van der Waals surface area contributed by atoms with Crippen LogP contribution in [0.4, 0.5) is 0 Å². The number of phenols is 1. The summed E-state index contributed by atoms with van der Waals surface area (Å²) in [5.74, 6) is 2.66. The predicted octanol–water partition coefficient (Wildman–Crippen LogP) is 3.31. The average molecular weight is 554 g/mol. The molecule has 2 fully saturated rings. The molecule has 2 aliphatic rings. The molecule has 0 spiro atoms. The summed E-state index contributed by atoms with van der Waals surface area (Å²) in [6.45, 7) is 1.84. The van der Waals surface area contributed by atoms with Crippen molar-refractivity contribution in [1.29, 1.82) is 0 Å². The van der Waals surface area contributed by atoms with Crippen LogP contribution in [0.25, 0.3) is 0 Å². The fourth-order valence-corrected chi connectivity index (χ4v) is 6.04. The molecule has 3 unspecified atom stereocenters. The second-order valence-electron chi connectivity index (χ2n) is 9.42. The van der Waals surface area contributed by atoms with E-state index in [1.54, 1.807) is 23.1 Å². The number of piperidine rings is 1. The number of aromatic hydroxyl groups is 1. The molecule has 3 atom stereocenters. The minimum absolute atomic E-state index is 0.0436. The van der Waals surface area contributed by atoms with E-state index >= 15 is 0 Å². The number of likely N-dealkylation sites (tertiary alicyclic amines) is 2. The summed E-state index contributed by atoms with van der Waals surface area (Å²) in [7, 11) is 0. The maximum atomic E-state index is 13.4. The van der Waals surface area contributed by atoms with E-state index in [9.17, 15) is 19.8 Å². The second kappa shape index (κ2) is 11.5. The predicted molar refractivity (Wildman–Crippen MR) is 141 cm³/mol. The van der Waals surface area contributed by atoms with Gasteiger partial charge in [-0.15, -0.1) is 6.42 Å². The lowest BCUT2D eigenvalue weighted by Gasteiger charge is -2.52. The Kier molecular flexibility index (Phi) is 8.35. The molecule has 2 amide bonds. The van der Waals surface area contributed by atoms with Crippen molar-refractivity contribution in [3.63, 3.8) is 0 Å². The number of benzene rings is 2. The van der Waals surface area contributed by atoms with E-state index in [0.29, 0.717) is 37.9 Å². The number of phenolic OH excluding ortho intramolecular Hbond substituents is 1. The molecule has 2 saturated heterocycles. The van der Waals surface area contributed by atoms with Crippen molar-refractivity contribution in [3.8, 4) is 18.1 Å². The Hall–Kier alpha value is -2.86. The van der Waals surface area contributed by atoms with Crippen molar-refractivity contribution in [2.45, 2.75) is 49.8 Å². The van der Waals surface area contributed by atoms with Gasteiger partial charge in [-0.1, -0.05) is 52.2 Å². The number of carbonyl (C=O) groups is 2. The third kappa shape index (κ3) is 5.15. The molecule has 0 aromatic heterocycles. The quantitative estimate of drug-likeness (QED) is 0.327. The molecule has 7 nitrogen and oxygen atoms in total. The number of nitrogens with zero attached hydrogens (tertiary/aromatic N) is 2. The van der Waals surface area contributed by atoms with Gasteiger partial charge in [0.2, 0.25) is 11.8 Å². The summed E-state index contributed by atoms with van der Waals surface area (Å²) in [5, 5.41) is 25.7. The maximum absolute atomic E-state index is 13.4. The topological polar surface area (TPSA) is 93.1 Å². The Morgan fingerprint density at radius 3 is 2.61 bits per heavy atom. The largest absolute Gasteiger partial charge is 0.508 e. The summed E-state index contributed by atoms with van der Waals surface area (Å²) in [6, 6.07) is 14.1. The zero-order chi connectivity index (χ0) is 25.7. The highest BCUT2D eigenvalue weighted by molar-refractivity contribution is 9.10. The van der Waals surface area contributed by atoms with E-state index in [2.05, 4.69) is 27.2 Å². The zero-order valence-electron chi connectivity index (χ0n) is 20.2. The fraction of sp³-hybridized carbons (Fsp3) is 0.429. The molecule has 0 bridgehead atoms. The Labute approximate surface area is 220 Å². The van der Waals surface area contributed by atoms with Crippen molar-refractivity contribution in [2.75, 3.05) is 26.2 Å². The molecule has 4 rings (SSSR count). The third-order valence-corrected chi connectivity index (χ3v) is 7.84. The van der Waals surface area contributed by atoms with E-state index in [0.717, 1.165) is 23.0 Å². The molecule has 3 N–H and O–H groups in total. The first-order valence-electron chi connectivity index (χ1n) is 12.3. The number of halogens is 1. The van der Waals surface area contributed by atoms with Gasteiger partial charge in [0, 0.05) is 42.5 Å². The molecule has 190 valence electrons. The molecular formula is C28H32BrN3O4. The molecule has 0 aliphatic carbocycles. The van der Waals surface area contributed by atoms with Crippen LogP contribution in [0.1, 0.15) is 49.3 Å². The number of hydrogen-bond donors (Lipinski definition) is 3. The highest BCUT2D eigenvalue weighted by Gasteiger charge is 2.54. The van der Waals surface area contributed by atoms with E-state index in [1.165, 1.54) is 0 Å². The first-order valence-corrected chi connectivity index (χ1v) is 13.1. The summed E-state index contributed by atoms with van der Waals surface area (Å²) >= 11 is 3.51. The smallest absolute Gasteiger partial charge is 0.223 e. The number of aliphatic hydroxyl groups excluding tert-OH is 1. The van der Waals surface area contributed by atoms with Gasteiger partial charge in [0.25, 0.3) is 0 Å². The van der Waals surface area contributed by atoms with Gasteiger partial charge in [-0.2, -0.15) is 0 Å². The van der Waals surface area contributed by atoms with Gasteiger partial charge in [-0.25, -0.2) is 0 Å². The van der Waals surface area contributed by atoms with E-state index in [4.69, 9.17) is 6.42 Å². The van der Waals surface area contributed by atoms with E-state index in [-0.39, 0.29) is 30.5 Å². The molecule has 2 aromatic rings. The molecule has 36 heavy (non-hydrogen) atoms. The van der Waals surface area contributed by atoms with Crippen molar-refractivity contribution < 1.29 is 19.8 Å². The van der Waals surface area contributed by atoms with Crippen LogP contribution in [0, 0.1) is 12.3 Å². The van der Waals surface area contributed by atoms with Crippen LogP contribution in [-0.2, 0) is 15.0 Å². The Morgan fingerprint density at radius 2 is 1.92 bits per heavy atom. The zero-order valence-corrected chi connectivity index (χ0v) is 21.8. The number of aliphatic hydroxyl groups is 1. The second-order valence-corrected chi connectivity index (χ2v) is 10.3. The molecule has 2 aromatic carbocycles. The number of nitrogens with one attached hydrogen (secondary N) is 1. The lowest BCUT2D eigenvalue weighted by atomic mass is 9.64. The van der Waals surface area contributed by atoms with Gasteiger partial charge < -0.3 is 20.0 Å². The number of carbonyl (C=O) groups excluding carboxylic acids is 2. The van der Waals surface area contributed by atoms with Crippen molar-refractivity contribution in [3.05, 3.63) is 64.1 Å². The average Bonchev–Trinajstić information content (AvgIpc) is 3.30. The first kappa shape index (κ1) is 26.2. The number of amides is 2. The van der Waals surface area contributed by atoms with Crippen LogP contribution < -0.4 is 5.32 Å². The van der Waals surface area contributed by atoms with Gasteiger partial charge in [0.1, 0.15) is 12.0 Å². The SMILES string of the molecule is C#CCNC(O)C1(c2ccccc2)CCC(=O)N(CCCN2CCCC2=O)C1c1cc(Br)ccc1O. The van der Waals surface area contributed by atoms with Crippen LogP contribution in [0.2, 0.25) is 0 Å². The standard InChI is InChI=1S/C28H32BrN3O4/c1-2-15-30-27(36)28(20-8-4-3-5-9-20)14-13-25(35)32(18-7-17-31-16-6-10-24(31)34)26(28)22-19-21(29)11-12-23(22)33/h1,3-5,8-9,11-12,19,26-27,30,33,36H,6-7,10,13-18H2. The molecule has 0 saturated carbocycles. The highest BCUT2D eigenvalue weighted by Crippen LogP contribution is 2.52. The van der Waals surface area contributed by atoms with Crippen molar-refractivity contribution >= 4 is 27.7 Å². The monoisotopic (exact) mass is 553 g/mol. The van der Waals surface area contributed by atoms with Gasteiger partial charge in [-0.05, 0) is 43.0 Å². The minimum Gasteiger partial charge on any atom is -0.508 e. The Morgan fingerprint density at radius 1 is 1.14 bits per heavy atom. The van der Waals surface area contributed by atoms with Crippen LogP contribution in [-0.4, -0.2) is 64.2 Å². The lowest BCUT2D eigenvalue weighted by Crippen LogP contribution is -2.60. The van der Waals surface area contributed by atoms with Crippen LogP contribution in [0.5, 0.6) is 5.75 Å². The summed E-state index contributed by atoms with van der Waals surface area (Å²) in [4.78, 5) is 29.2. The third-order valence-electron chi connectivity index (χ3n) is 7.35. The van der Waals surface area contributed by atoms with Gasteiger partial charge >= 0.3 is 0 Å². The lowest BCUT2D eigenvalue weighted by molar-refractivity contribution is -0.145. The Bertz CT molecular complexity index is 1140. The minimum atomic E-state index is -1.09. The van der Waals surface area contributed by atoms with Gasteiger partial charge in [-0.3, -0.25) is 14.9 Å². The van der Waals surface area contributed by atoms with E-state index < -0.39 is 17.7 Å². The summed E-state index contributed by atoms with van der Waals surface area (Å²) in [6.07, 6.45) is 7.04.